The standard InChI is InChI=1S/C12H18O6/c1-5-17-9(14)7-6-8(13)10(15)11(16)18-12(2,3)4/h5-7H2,1-4H3. The summed E-state index contributed by atoms with van der Waals surface area (Å²) >= 11 is 0. The van der Waals surface area contributed by atoms with Crippen LogP contribution >= 0.6 is 0 Å². The van der Waals surface area contributed by atoms with Crippen LogP contribution < -0.4 is 0 Å². The van der Waals surface area contributed by atoms with Crippen molar-refractivity contribution in [2.75, 3.05) is 6.61 Å². The van der Waals surface area contributed by atoms with Crippen LogP contribution in [-0.2, 0) is 28.7 Å². The molecule has 0 amide bonds. The Bertz CT molecular complexity index is 350. The molecule has 0 bridgehead atoms. The van der Waals surface area contributed by atoms with E-state index in [0.29, 0.717) is 0 Å². The van der Waals surface area contributed by atoms with Crippen LogP contribution in [0, 0.1) is 0 Å². The second kappa shape index (κ2) is 6.88. The van der Waals surface area contributed by atoms with Crippen LogP contribution in [0.15, 0.2) is 0 Å². The van der Waals surface area contributed by atoms with Crippen molar-refractivity contribution in [1.29, 1.82) is 0 Å². The molecule has 0 aliphatic carbocycles. The third-order valence-corrected chi connectivity index (χ3v) is 1.70. The largest absolute Gasteiger partial charge is 0.466 e. The molecule has 0 heterocycles. The summed E-state index contributed by atoms with van der Waals surface area (Å²) in [5.74, 6) is -3.97. The monoisotopic (exact) mass is 258 g/mol. The second-order valence-corrected chi connectivity index (χ2v) is 4.56. The quantitative estimate of drug-likeness (QED) is 0.398. The van der Waals surface area contributed by atoms with Gasteiger partial charge in [-0.3, -0.25) is 14.4 Å². The first-order valence-corrected chi connectivity index (χ1v) is 5.63. The van der Waals surface area contributed by atoms with Gasteiger partial charge in [0.1, 0.15) is 5.60 Å². The highest BCUT2D eigenvalue weighted by molar-refractivity contribution is 6.62. The Labute approximate surface area is 106 Å². The number of hydrogen-bond donors (Lipinski definition) is 0. The van der Waals surface area contributed by atoms with Crippen LogP contribution in [0.2, 0.25) is 0 Å². The van der Waals surface area contributed by atoms with Gasteiger partial charge in [0.2, 0.25) is 5.78 Å². The lowest BCUT2D eigenvalue weighted by Gasteiger charge is -2.18. The molecule has 0 aliphatic rings. The fourth-order valence-corrected chi connectivity index (χ4v) is 1.00. The van der Waals surface area contributed by atoms with Gasteiger partial charge in [0.05, 0.1) is 13.0 Å². The van der Waals surface area contributed by atoms with Crippen molar-refractivity contribution in [3.8, 4) is 0 Å². The lowest BCUT2D eigenvalue weighted by Crippen LogP contribution is -2.33. The second-order valence-electron chi connectivity index (χ2n) is 4.56. The Balaban J connectivity index is 4.23. The Morgan fingerprint density at radius 1 is 1.00 bits per heavy atom. The highest BCUT2D eigenvalue weighted by Gasteiger charge is 2.28. The molecule has 0 saturated heterocycles. The SMILES string of the molecule is CCOC(=O)CCC(=O)C(=O)C(=O)OC(C)(C)C. The molecule has 6 nitrogen and oxygen atoms in total. The number of hydrogen-bond acceptors (Lipinski definition) is 6. The lowest BCUT2D eigenvalue weighted by molar-refractivity contribution is -0.164. The van der Waals surface area contributed by atoms with Crippen LogP contribution in [-0.4, -0.2) is 35.7 Å². The van der Waals surface area contributed by atoms with Crippen molar-refractivity contribution < 1.29 is 28.7 Å². The number of carbonyl (C=O) groups is 4. The van der Waals surface area contributed by atoms with E-state index in [9.17, 15) is 19.2 Å². The van der Waals surface area contributed by atoms with Gasteiger partial charge < -0.3 is 9.47 Å². The fourth-order valence-electron chi connectivity index (χ4n) is 1.00. The van der Waals surface area contributed by atoms with Crippen LogP contribution in [0.4, 0.5) is 0 Å². The van der Waals surface area contributed by atoms with Crippen molar-refractivity contribution in [2.45, 2.75) is 46.1 Å². The van der Waals surface area contributed by atoms with Gasteiger partial charge in [-0.1, -0.05) is 0 Å². The minimum atomic E-state index is -1.24. The molecule has 0 aromatic heterocycles. The molecule has 0 aromatic carbocycles. The van der Waals surface area contributed by atoms with Crippen molar-refractivity contribution in [3.05, 3.63) is 0 Å². The average molecular weight is 258 g/mol. The van der Waals surface area contributed by atoms with Crippen LogP contribution in [0.3, 0.4) is 0 Å². The Kier molecular flexibility index (Phi) is 6.22. The zero-order valence-corrected chi connectivity index (χ0v) is 11.1. The number of Topliss-reactive ketones (excluding diaryl/α,β-unsaturated/α-hetero) is 2. The highest BCUT2D eigenvalue weighted by atomic mass is 16.6. The van der Waals surface area contributed by atoms with E-state index in [1.807, 2.05) is 0 Å². The van der Waals surface area contributed by atoms with E-state index in [1.54, 1.807) is 27.7 Å². The van der Waals surface area contributed by atoms with Crippen LogP contribution in [0.25, 0.3) is 0 Å². The molecule has 102 valence electrons. The maximum Gasteiger partial charge on any atom is 0.383 e. The molecule has 0 radical (unpaired) electrons. The van der Waals surface area contributed by atoms with E-state index in [0.717, 1.165) is 0 Å². The molecule has 0 rings (SSSR count). The van der Waals surface area contributed by atoms with Gasteiger partial charge in [0.25, 0.3) is 0 Å². The van der Waals surface area contributed by atoms with E-state index in [4.69, 9.17) is 4.74 Å². The summed E-state index contributed by atoms with van der Waals surface area (Å²) in [5.41, 5.74) is -0.839. The molecule has 0 spiro atoms. The van der Waals surface area contributed by atoms with E-state index in [-0.39, 0.29) is 19.4 Å². The highest BCUT2D eigenvalue weighted by Crippen LogP contribution is 2.08. The Morgan fingerprint density at radius 3 is 2.00 bits per heavy atom. The molecule has 0 unspecified atom stereocenters. The molecule has 18 heavy (non-hydrogen) atoms. The minimum absolute atomic E-state index is 0.201. The topological polar surface area (TPSA) is 86.7 Å². The zero-order chi connectivity index (χ0) is 14.3. The van der Waals surface area contributed by atoms with E-state index < -0.39 is 29.1 Å². The molecule has 0 saturated carbocycles. The number of ether oxygens (including phenoxy) is 2. The summed E-state index contributed by atoms with van der Waals surface area (Å²) in [7, 11) is 0. The Morgan fingerprint density at radius 2 is 1.56 bits per heavy atom. The third kappa shape index (κ3) is 6.78. The molecule has 0 aromatic rings. The minimum Gasteiger partial charge on any atom is -0.466 e. The first kappa shape index (κ1) is 16.3. The summed E-state index contributed by atoms with van der Waals surface area (Å²) < 4.78 is 9.34. The van der Waals surface area contributed by atoms with E-state index in [2.05, 4.69) is 4.74 Å². The number of carbonyl (C=O) groups excluding carboxylic acids is 4. The van der Waals surface area contributed by atoms with Crippen molar-refractivity contribution >= 4 is 23.5 Å². The fraction of sp³-hybridized carbons (Fsp3) is 0.667. The summed E-state index contributed by atoms with van der Waals surface area (Å²) in [6.45, 7) is 6.59. The summed E-state index contributed by atoms with van der Waals surface area (Å²) in [4.78, 5) is 44.9. The van der Waals surface area contributed by atoms with Gasteiger partial charge in [0.15, 0.2) is 0 Å². The molecule has 0 N–H and O–H groups in total. The smallest absolute Gasteiger partial charge is 0.383 e. The van der Waals surface area contributed by atoms with Crippen molar-refractivity contribution in [2.24, 2.45) is 0 Å². The summed E-state index contributed by atoms with van der Waals surface area (Å²) in [6.07, 6.45) is -0.571. The molecule has 0 aliphatic heterocycles. The summed E-state index contributed by atoms with van der Waals surface area (Å²) in [5, 5.41) is 0. The third-order valence-electron chi connectivity index (χ3n) is 1.70. The predicted molar refractivity (Wildman–Crippen MR) is 61.7 cm³/mol. The lowest BCUT2D eigenvalue weighted by atomic mass is 10.1. The molecular weight excluding hydrogens is 240 g/mol. The summed E-state index contributed by atoms with van der Waals surface area (Å²) in [6, 6.07) is 0. The van der Waals surface area contributed by atoms with Gasteiger partial charge in [-0.05, 0) is 27.7 Å². The average Bonchev–Trinajstić information content (AvgIpc) is 2.22. The first-order chi connectivity index (χ1) is 8.17. The van der Waals surface area contributed by atoms with E-state index in [1.165, 1.54) is 0 Å². The normalized spacial score (nSPS) is 10.7. The number of rotatable bonds is 6. The molecular formula is C12H18O6. The number of esters is 2. The van der Waals surface area contributed by atoms with Crippen molar-refractivity contribution in [1.82, 2.24) is 0 Å². The first-order valence-electron chi connectivity index (χ1n) is 5.63. The van der Waals surface area contributed by atoms with Crippen LogP contribution in [0.5, 0.6) is 0 Å². The van der Waals surface area contributed by atoms with Gasteiger partial charge in [0, 0.05) is 6.42 Å². The van der Waals surface area contributed by atoms with Crippen molar-refractivity contribution in [3.63, 3.8) is 0 Å². The van der Waals surface area contributed by atoms with Gasteiger partial charge in [-0.15, -0.1) is 0 Å². The maximum absolute atomic E-state index is 11.3. The van der Waals surface area contributed by atoms with Gasteiger partial charge in [-0.2, -0.15) is 0 Å². The number of ketones is 2. The van der Waals surface area contributed by atoms with Gasteiger partial charge >= 0.3 is 17.7 Å². The maximum atomic E-state index is 11.3. The van der Waals surface area contributed by atoms with Crippen LogP contribution in [0.1, 0.15) is 40.5 Å². The molecule has 0 atom stereocenters. The predicted octanol–water partition coefficient (Wildman–Crippen LogP) is 0.810. The molecule has 0 fully saturated rings. The van der Waals surface area contributed by atoms with E-state index >= 15 is 0 Å². The zero-order valence-electron chi connectivity index (χ0n) is 11.1. The van der Waals surface area contributed by atoms with Gasteiger partial charge in [-0.25, -0.2) is 4.79 Å². The molecule has 6 heteroatoms. The Hall–Kier alpha value is -1.72.